The second-order valence-corrected chi connectivity index (χ2v) is 7.24. The highest BCUT2D eigenvalue weighted by atomic mass is 35.5. The van der Waals surface area contributed by atoms with E-state index in [4.69, 9.17) is 34.8 Å². The zero-order valence-corrected chi connectivity index (χ0v) is 18.0. The third kappa shape index (κ3) is 3.99. The largest absolute Gasteiger partial charge is 0.506 e. The van der Waals surface area contributed by atoms with Crippen LogP contribution in [0.15, 0.2) is 65.5 Å². The third-order valence-electron chi connectivity index (χ3n) is 4.39. The number of pyridine rings is 1. The maximum absolute atomic E-state index is 12.7. The van der Waals surface area contributed by atoms with Gasteiger partial charge in [0, 0.05) is 21.5 Å². The van der Waals surface area contributed by atoms with Crippen molar-refractivity contribution in [2.24, 2.45) is 0 Å². The monoisotopic (exact) mass is 445 g/mol. The molecule has 0 atom stereocenters. The van der Waals surface area contributed by atoms with E-state index in [2.05, 4.69) is 4.98 Å². The predicted molar refractivity (Wildman–Crippen MR) is 123 cm³/mol. The Balaban J connectivity index is 0.00000117. The van der Waals surface area contributed by atoms with Crippen molar-refractivity contribution in [2.75, 3.05) is 0 Å². The smallest absolute Gasteiger partial charge is 0.260 e. The highest BCUT2D eigenvalue weighted by Gasteiger charge is 2.21. The number of hydrogen-bond acceptors (Lipinski definition) is 2. The molecule has 0 spiro atoms. The SMILES string of the molecule is CC.O=c1[nH]c2ccccc2c(O)c1-c1c(Cl)ccc(-c2ccc(Cl)cc2)c1Cl. The van der Waals surface area contributed by atoms with Crippen LogP contribution >= 0.6 is 34.8 Å². The Morgan fingerprint density at radius 1 is 0.828 bits per heavy atom. The second kappa shape index (κ2) is 8.91. The van der Waals surface area contributed by atoms with E-state index in [1.165, 1.54) is 0 Å². The van der Waals surface area contributed by atoms with Crippen LogP contribution in [0.3, 0.4) is 0 Å². The van der Waals surface area contributed by atoms with Gasteiger partial charge in [-0.1, -0.05) is 79.0 Å². The molecule has 4 rings (SSSR count). The fourth-order valence-corrected chi connectivity index (χ4v) is 3.89. The molecule has 0 amide bonds. The van der Waals surface area contributed by atoms with Gasteiger partial charge in [-0.05, 0) is 35.9 Å². The van der Waals surface area contributed by atoms with Gasteiger partial charge in [-0.3, -0.25) is 4.79 Å². The molecule has 0 radical (unpaired) electrons. The summed E-state index contributed by atoms with van der Waals surface area (Å²) in [4.78, 5) is 15.5. The first-order chi connectivity index (χ1) is 14.0. The summed E-state index contributed by atoms with van der Waals surface area (Å²) in [7, 11) is 0. The van der Waals surface area contributed by atoms with Crippen molar-refractivity contribution in [2.45, 2.75) is 13.8 Å². The number of benzene rings is 3. The molecular weight excluding hydrogens is 429 g/mol. The van der Waals surface area contributed by atoms with Crippen LogP contribution in [0, 0.1) is 0 Å². The van der Waals surface area contributed by atoms with Crippen LogP contribution in [-0.4, -0.2) is 10.1 Å². The second-order valence-electron chi connectivity index (χ2n) is 6.01. The highest BCUT2D eigenvalue weighted by molar-refractivity contribution is 6.41. The molecule has 0 saturated carbocycles. The van der Waals surface area contributed by atoms with Gasteiger partial charge in [-0.25, -0.2) is 0 Å². The van der Waals surface area contributed by atoms with Gasteiger partial charge in [0.2, 0.25) is 0 Å². The highest BCUT2D eigenvalue weighted by Crippen LogP contribution is 2.44. The molecular formula is C23H18Cl3NO2. The molecule has 2 N–H and O–H groups in total. The molecule has 0 saturated heterocycles. The van der Waals surface area contributed by atoms with Gasteiger partial charge in [0.05, 0.1) is 21.1 Å². The fraction of sp³-hybridized carbons (Fsp3) is 0.0870. The number of nitrogens with one attached hydrogen (secondary N) is 1. The quantitative estimate of drug-likeness (QED) is 0.334. The van der Waals surface area contributed by atoms with Crippen LogP contribution in [0.2, 0.25) is 15.1 Å². The topological polar surface area (TPSA) is 53.1 Å². The molecule has 0 aliphatic heterocycles. The molecule has 0 bridgehead atoms. The van der Waals surface area contributed by atoms with Gasteiger partial charge in [-0.2, -0.15) is 0 Å². The Bertz CT molecular complexity index is 1230. The molecule has 1 heterocycles. The minimum Gasteiger partial charge on any atom is -0.506 e. The predicted octanol–water partition coefficient (Wildman–Crippen LogP) is 7.55. The van der Waals surface area contributed by atoms with Crippen molar-refractivity contribution in [3.05, 3.63) is 86.1 Å². The van der Waals surface area contributed by atoms with Crippen molar-refractivity contribution in [1.29, 1.82) is 0 Å². The van der Waals surface area contributed by atoms with E-state index < -0.39 is 5.56 Å². The number of aromatic hydroxyl groups is 1. The van der Waals surface area contributed by atoms with Gasteiger partial charge in [0.15, 0.2) is 0 Å². The van der Waals surface area contributed by atoms with Crippen LogP contribution in [-0.2, 0) is 0 Å². The Kier molecular flexibility index (Phi) is 6.53. The normalized spacial score (nSPS) is 10.5. The van der Waals surface area contributed by atoms with Gasteiger partial charge >= 0.3 is 0 Å². The Hall–Kier alpha value is -2.46. The van der Waals surface area contributed by atoms with Gasteiger partial charge in [0.25, 0.3) is 5.56 Å². The van der Waals surface area contributed by atoms with Crippen molar-refractivity contribution < 1.29 is 5.11 Å². The Labute approximate surface area is 183 Å². The number of aromatic amines is 1. The molecule has 0 aliphatic rings. The lowest BCUT2D eigenvalue weighted by atomic mass is 9.97. The molecule has 3 aromatic carbocycles. The molecule has 1 aromatic heterocycles. The van der Waals surface area contributed by atoms with E-state index in [0.29, 0.717) is 21.5 Å². The first-order valence-corrected chi connectivity index (χ1v) is 10.2. The molecule has 0 aliphatic carbocycles. The Morgan fingerprint density at radius 2 is 1.48 bits per heavy atom. The number of hydrogen-bond donors (Lipinski definition) is 2. The van der Waals surface area contributed by atoms with Crippen LogP contribution < -0.4 is 5.56 Å². The van der Waals surface area contributed by atoms with E-state index in [1.54, 1.807) is 48.5 Å². The van der Waals surface area contributed by atoms with Crippen molar-refractivity contribution >= 4 is 45.7 Å². The zero-order valence-electron chi connectivity index (χ0n) is 15.8. The van der Waals surface area contributed by atoms with E-state index in [1.807, 2.05) is 26.0 Å². The Morgan fingerprint density at radius 3 is 2.17 bits per heavy atom. The zero-order chi connectivity index (χ0) is 21.1. The van der Waals surface area contributed by atoms with E-state index in [0.717, 1.165) is 5.56 Å². The van der Waals surface area contributed by atoms with Gasteiger partial charge in [0.1, 0.15) is 5.75 Å². The van der Waals surface area contributed by atoms with Crippen LogP contribution in [0.5, 0.6) is 5.75 Å². The van der Waals surface area contributed by atoms with Crippen LogP contribution in [0.25, 0.3) is 33.2 Å². The molecule has 0 unspecified atom stereocenters. The summed E-state index contributed by atoms with van der Waals surface area (Å²) in [5.41, 5.74) is 1.89. The molecule has 148 valence electrons. The van der Waals surface area contributed by atoms with E-state index in [9.17, 15) is 9.90 Å². The van der Waals surface area contributed by atoms with Crippen LogP contribution in [0.4, 0.5) is 0 Å². The summed E-state index contributed by atoms with van der Waals surface area (Å²) >= 11 is 19.0. The molecule has 4 aromatic rings. The lowest BCUT2D eigenvalue weighted by molar-refractivity contribution is 0.482. The summed E-state index contributed by atoms with van der Waals surface area (Å²) in [5.74, 6) is -0.161. The van der Waals surface area contributed by atoms with Gasteiger partial charge < -0.3 is 10.1 Å². The maximum Gasteiger partial charge on any atom is 0.260 e. The third-order valence-corrected chi connectivity index (χ3v) is 5.35. The maximum atomic E-state index is 12.7. The van der Waals surface area contributed by atoms with E-state index >= 15 is 0 Å². The number of halogens is 3. The lowest BCUT2D eigenvalue weighted by Gasteiger charge is -2.14. The first-order valence-electron chi connectivity index (χ1n) is 9.05. The summed E-state index contributed by atoms with van der Waals surface area (Å²) in [6.45, 7) is 4.00. The number of rotatable bonds is 2. The van der Waals surface area contributed by atoms with Gasteiger partial charge in [-0.15, -0.1) is 0 Å². The van der Waals surface area contributed by atoms with Crippen molar-refractivity contribution in [1.82, 2.24) is 4.98 Å². The number of fused-ring (bicyclic) bond motifs is 1. The van der Waals surface area contributed by atoms with Crippen molar-refractivity contribution in [3.63, 3.8) is 0 Å². The summed E-state index contributed by atoms with van der Waals surface area (Å²) in [6, 6.07) is 17.6. The number of H-pyrrole nitrogens is 1. The lowest BCUT2D eigenvalue weighted by Crippen LogP contribution is -2.10. The first kappa shape index (κ1) is 21.3. The fourth-order valence-electron chi connectivity index (χ4n) is 3.09. The van der Waals surface area contributed by atoms with Crippen molar-refractivity contribution in [3.8, 4) is 28.0 Å². The summed E-state index contributed by atoms with van der Waals surface area (Å²) < 4.78 is 0. The summed E-state index contributed by atoms with van der Waals surface area (Å²) in [6.07, 6.45) is 0. The molecule has 29 heavy (non-hydrogen) atoms. The van der Waals surface area contributed by atoms with E-state index in [-0.39, 0.29) is 26.9 Å². The number of para-hydroxylation sites is 1. The number of aromatic nitrogens is 1. The minimum absolute atomic E-state index is 0.0412. The molecule has 6 heteroatoms. The average molecular weight is 447 g/mol. The molecule has 0 fully saturated rings. The summed E-state index contributed by atoms with van der Waals surface area (Å²) in [5, 5.41) is 12.4. The van der Waals surface area contributed by atoms with Crippen LogP contribution in [0.1, 0.15) is 13.8 Å². The average Bonchev–Trinajstić information content (AvgIpc) is 2.73. The minimum atomic E-state index is -0.469. The molecule has 3 nitrogen and oxygen atoms in total. The standard InChI is InChI=1S/C21H12Cl3NO2.C2H6/c22-12-7-5-11(6-8-12)13-9-10-15(23)17(19(13)24)18-20(26)14-3-1-2-4-16(14)25-21(18)27;1-2/h1-10H,(H2,25,26,27);1-2H3.